The first-order valence-corrected chi connectivity index (χ1v) is 30.0. The Morgan fingerprint density at radius 2 is 0.709 bits per heavy atom. The summed E-state index contributed by atoms with van der Waals surface area (Å²) in [6, 6.07) is 65.5. The van der Waals surface area contributed by atoms with Crippen LogP contribution in [0.4, 0.5) is 0 Å². The SMILES string of the molecule is N#Cc1cc2c(c3c1C1CC4CC(C1)CC3C4)c1cc3c(c4c5c6c(c(C#N)cc5n2c14)C1CC2CC(C1)CC6C2)C1(c2ccccc2-c2ccccc21)c1cc2c(cc1-3)C1(c3ccccc3-c3ccccc31)c1ccccc1-2. The van der Waals surface area contributed by atoms with Crippen LogP contribution in [-0.4, -0.2) is 4.40 Å². The number of nitrogens with zero attached hydrogens (tertiary/aromatic N) is 3. The van der Waals surface area contributed by atoms with Gasteiger partial charge in [-0.25, -0.2) is 0 Å². The molecule has 4 saturated carbocycles. The van der Waals surface area contributed by atoms with E-state index in [2.05, 4.69) is 168 Å². The van der Waals surface area contributed by atoms with Crippen LogP contribution in [-0.2, 0) is 10.8 Å². The summed E-state index contributed by atoms with van der Waals surface area (Å²) >= 11 is 0. The Balaban J connectivity index is 1.01. The Morgan fingerprint density at radius 3 is 1.16 bits per heavy atom. The number of hydrogen-bond donors (Lipinski definition) is 0. The van der Waals surface area contributed by atoms with Crippen molar-refractivity contribution >= 4 is 38.1 Å². The Morgan fingerprint density at radius 1 is 0.342 bits per heavy atom. The summed E-state index contributed by atoms with van der Waals surface area (Å²) in [7, 11) is 0. The van der Waals surface area contributed by atoms with Crippen LogP contribution in [0.3, 0.4) is 0 Å². The smallest absolute Gasteiger partial charge is 0.0995 e. The molecule has 0 saturated heterocycles. The predicted octanol–water partition coefficient (Wildman–Crippen LogP) is 18.0. The molecular weight excluding hydrogens is 955 g/mol. The largest absolute Gasteiger partial charge is 0.308 e. The van der Waals surface area contributed by atoms with Gasteiger partial charge < -0.3 is 4.40 Å². The first-order valence-electron chi connectivity index (χ1n) is 30.0. The quantitative estimate of drug-likeness (QED) is 0.152. The van der Waals surface area contributed by atoms with Crippen LogP contribution >= 0.6 is 0 Å². The topological polar surface area (TPSA) is 52.0 Å². The zero-order valence-corrected chi connectivity index (χ0v) is 44.0. The Hall–Kier alpha value is -8.24. The third-order valence-corrected chi connectivity index (χ3v) is 23.6. The van der Waals surface area contributed by atoms with E-state index in [1.165, 1.54) is 214 Å². The van der Waals surface area contributed by atoms with E-state index in [9.17, 15) is 10.5 Å². The minimum absolute atomic E-state index is 0.400. The van der Waals surface area contributed by atoms with Crippen molar-refractivity contribution in [3.63, 3.8) is 0 Å². The van der Waals surface area contributed by atoms with Gasteiger partial charge in [-0.05, 0) is 253 Å². The lowest BCUT2D eigenvalue weighted by Gasteiger charge is -2.38. The Labute approximate surface area is 459 Å². The summed E-state index contributed by atoms with van der Waals surface area (Å²) in [6.07, 6.45) is 12.4. The van der Waals surface area contributed by atoms with Gasteiger partial charge in [-0.3, -0.25) is 0 Å². The molecule has 372 valence electrons. The maximum absolute atomic E-state index is 11.6. The zero-order valence-electron chi connectivity index (χ0n) is 44.0. The van der Waals surface area contributed by atoms with Crippen molar-refractivity contribution in [2.45, 2.75) is 98.7 Å². The van der Waals surface area contributed by atoms with E-state index in [0.29, 0.717) is 35.5 Å². The van der Waals surface area contributed by atoms with E-state index in [1.54, 1.807) is 0 Å². The molecule has 2 aromatic heterocycles. The number of benzene rings is 9. The molecule has 3 heteroatoms. The molecule has 4 atom stereocenters. The summed E-state index contributed by atoms with van der Waals surface area (Å²) in [5.74, 6) is 4.49. The first kappa shape index (κ1) is 41.8. The lowest BCUT2D eigenvalue weighted by molar-refractivity contribution is 0.166. The van der Waals surface area contributed by atoms with Crippen molar-refractivity contribution in [2.24, 2.45) is 23.7 Å². The Kier molecular flexibility index (Phi) is 7.29. The van der Waals surface area contributed by atoms with Crippen LogP contribution in [0.2, 0.25) is 0 Å². The van der Waals surface area contributed by atoms with E-state index < -0.39 is 10.8 Å². The standard InChI is InChI=1S/C76H53N3/c77-36-46-31-64-70(68-44-27-38-21-39(28-44)24-42(23-38)66(46)68)56-33-55-54-35-62-53(52-15-5-8-18-59(52)75(62)57-16-6-1-11-48(57)49-12-2-7-17-58(49)75)34-63(54)76(60-19-9-3-13-50(60)51-14-4-10-20-61(51)76)73(55)72-71-65(79(64)74(56)72)32-47(37-78)67-43-25-40-22-41(26-43)30-45(29-40)69(67)71/h1-20,31-35,38-45H,21-30H2. The maximum atomic E-state index is 11.6. The van der Waals surface area contributed by atoms with Crippen molar-refractivity contribution in [1.29, 1.82) is 10.5 Å². The minimum atomic E-state index is -0.648. The average Bonchev–Trinajstić information content (AvgIpc) is 2.10. The number of fused-ring (bicyclic) bond motifs is 27. The molecule has 12 aliphatic carbocycles. The lowest BCUT2D eigenvalue weighted by Crippen LogP contribution is -2.27. The van der Waals surface area contributed by atoms with Crippen LogP contribution in [0, 0.1) is 46.3 Å². The third kappa shape index (κ3) is 4.50. The maximum Gasteiger partial charge on any atom is 0.0995 e. The first-order chi connectivity index (χ1) is 39.0. The number of aromatic nitrogens is 1. The fraction of sp³-hybridized carbons (Fsp3) is 0.263. The van der Waals surface area contributed by atoms with Gasteiger partial charge in [0.05, 0.1) is 50.6 Å². The number of hydrogen-bond acceptors (Lipinski definition) is 2. The van der Waals surface area contributed by atoms with Gasteiger partial charge in [0, 0.05) is 21.5 Å². The van der Waals surface area contributed by atoms with Gasteiger partial charge in [0.25, 0.3) is 0 Å². The summed E-state index contributed by atoms with van der Waals surface area (Å²) in [6.45, 7) is 0. The molecule has 9 aromatic carbocycles. The predicted molar refractivity (Wildman–Crippen MR) is 314 cm³/mol. The molecule has 8 bridgehead atoms. The molecule has 0 N–H and O–H groups in total. The van der Waals surface area contributed by atoms with Gasteiger partial charge >= 0.3 is 0 Å². The van der Waals surface area contributed by atoms with Crippen molar-refractivity contribution in [2.75, 3.05) is 0 Å². The molecular formula is C76H53N3. The van der Waals surface area contributed by atoms with Gasteiger partial charge in [-0.2, -0.15) is 10.5 Å². The molecule has 3 nitrogen and oxygen atoms in total. The molecule has 0 radical (unpaired) electrons. The van der Waals surface area contributed by atoms with E-state index in [-0.39, 0.29) is 0 Å². The third-order valence-electron chi connectivity index (χ3n) is 23.6. The molecule has 0 amide bonds. The van der Waals surface area contributed by atoms with Crippen LogP contribution < -0.4 is 0 Å². The highest BCUT2D eigenvalue weighted by Gasteiger charge is 2.58. The van der Waals surface area contributed by atoms with Crippen LogP contribution in [0.1, 0.15) is 166 Å². The van der Waals surface area contributed by atoms with Gasteiger partial charge in [-0.1, -0.05) is 121 Å². The molecule has 0 aliphatic heterocycles. The molecule has 11 aromatic rings. The van der Waals surface area contributed by atoms with Gasteiger partial charge in [0.15, 0.2) is 0 Å². The number of rotatable bonds is 0. The van der Waals surface area contributed by atoms with Crippen molar-refractivity contribution in [3.05, 3.63) is 230 Å². The second-order valence-electron chi connectivity index (χ2n) is 26.7. The van der Waals surface area contributed by atoms with Crippen LogP contribution in [0.15, 0.2) is 152 Å². The molecule has 23 rings (SSSR count). The minimum Gasteiger partial charge on any atom is -0.308 e. The Bertz CT molecular complexity index is 4730. The molecule has 4 fully saturated rings. The van der Waals surface area contributed by atoms with Crippen molar-refractivity contribution < 1.29 is 0 Å². The fourth-order valence-corrected chi connectivity index (χ4v) is 21.8. The molecule has 4 unspecified atom stereocenters. The zero-order chi connectivity index (χ0) is 51.1. The van der Waals surface area contributed by atoms with Gasteiger partial charge in [0.1, 0.15) is 0 Å². The molecule has 79 heavy (non-hydrogen) atoms. The number of nitriles is 2. The highest BCUT2D eigenvalue weighted by Crippen LogP contribution is 2.71. The lowest BCUT2D eigenvalue weighted by atomic mass is 9.66. The highest BCUT2D eigenvalue weighted by atomic mass is 14.9. The summed E-state index contributed by atoms with van der Waals surface area (Å²) in [5, 5.41) is 28.7. The summed E-state index contributed by atoms with van der Waals surface area (Å²) in [5.41, 5.74) is 31.8. The van der Waals surface area contributed by atoms with Crippen LogP contribution in [0.5, 0.6) is 0 Å². The second kappa shape index (κ2) is 13.8. The van der Waals surface area contributed by atoms with Crippen LogP contribution in [0.25, 0.3) is 82.6 Å². The summed E-state index contributed by atoms with van der Waals surface area (Å²) in [4.78, 5) is 0. The van der Waals surface area contributed by atoms with Gasteiger partial charge in [0.2, 0.25) is 0 Å². The second-order valence-corrected chi connectivity index (χ2v) is 26.7. The van der Waals surface area contributed by atoms with Crippen molar-refractivity contribution in [3.8, 4) is 56.6 Å². The monoisotopic (exact) mass is 1010 g/mol. The average molecular weight is 1010 g/mol. The molecule has 12 aliphatic rings. The van der Waals surface area contributed by atoms with E-state index in [1.807, 2.05) is 0 Å². The van der Waals surface area contributed by atoms with E-state index >= 15 is 0 Å². The summed E-state index contributed by atoms with van der Waals surface area (Å²) < 4.78 is 2.66. The highest BCUT2D eigenvalue weighted by molar-refractivity contribution is 6.29. The van der Waals surface area contributed by atoms with Gasteiger partial charge in [-0.15, -0.1) is 0 Å². The van der Waals surface area contributed by atoms with Crippen molar-refractivity contribution in [1.82, 2.24) is 4.40 Å². The molecule has 2 spiro atoms. The van der Waals surface area contributed by atoms with E-state index in [0.717, 1.165) is 23.0 Å². The fourth-order valence-electron chi connectivity index (χ4n) is 21.8. The normalized spacial score (nSPS) is 25.9. The van der Waals surface area contributed by atoms with E-state index in [4.69, 9.17) is 0 Å². The molecule has 2 heterocycles.